The van der Waals surface area contributed by atoms with Crippen LogP contribution in [0.4, 0.5) is 5.69 Å². The largest absolute Gasteiger partial charge is 0.465 e. The fraction of sp³-hybridized carbons (Fsp3) is 0.300. The highest BCUT2D eigenvalue weighted by molar-refractivity contribution is 5.80. The molecule has 1 aromatic heterocycles. The van der Waals surface area contributed by atoms with Crippen LogP contribution in [0, 0.1) is 0 Å². The molecule has 0 unspecified atom stereocenters. The molecule has 0 aliphatic rings. The van der Waals surface area contributed by atoms with Crippen LogP contribution < -0.4 is 5.73 Å². The van der Waals surface area contributed by atoms with Crippen LogP contribution in [0.25, 0.3) is 11.0 Å². The molecule has 0 bridgehead atoms. The molecule has 1 heterocycles. The van der Waals surface area contributed by atoms with Gasteiger partial charge >= 0.3 is 5.97 Å². The van der Waals surface area contributed by atoms with Crippen LogP contribution in [0.3, 0.4) is 0 Å². The molecular formula is C10H12N4O2. The van der Waals surface area contributed by atoms with Gasteiger partial charge in [-0.05, 0) is 25.1 Å². The van der Waals surface area contributed by atoms with Crippen molar-refractivity contribution in [3.8, 4) is 0 Å². The van der Waals surface area contributed by atoms with Gasteiger partial charge in [0.1, 0.15) is 12.1 Å². The number of aromatic nitrogens is 3. The summed E-state index contributed by atoms with van der Waals surface area (Å²) < 4.78 is 6.31. The quantitative estimate of drug-likeness (QED) is 0.604. The first-order valence-electron chi connectivity index (χ1n) is 4.95. The summed E-state index contributed by atoms with van der Waals surface area (Å²) in [5.74, 6) is -0.336. The molecule has 0 saturated carbocycles. The van der Waals surface area contributed by atoms with E-state index in [2.05, 4.69) is 10.3 Å². The van der Waals surface area contributed by atoms with Gasteiger partial charge < -0.3 is 10.5 Å². The Labute approximate surface area is 92.0 Å². The lowest BCUT2D eigenvalue weighted by molar-refractivity contribution is -0.143. The Kier molecular flexibility index (Phi) is 2.72. The highest BCUT2D eigenvalue weighted by Gasteiger charge is 2.09. The molecule has 0 radical (unpaired) electrons. The van der Waals surface area contributed by atoms with Crippen molar-refractivity contribution in [2.75, 3.05) is 12.3 Å². The van der Waals surface area contributed by atoms with E-state index in [0.717, 1.165) is 5.52 Å². The Morgan fingerprint density at radius 1 is 1.56 bits per heavy atom. The highest BCUT2D eigenvalue weighted by atomic mass is 16.5. The van der Waals surface area contributed by atoms with Crippen molar-refractivity contribution >= 4 is 22.7 Å². The topological polar surface area (TPSA) is 83.0 Å². The van der Waals surface area contributed by atoms with Crippen LogP contribution in [0.2, 0.25) is 0 Å². The molecule has 0 atom stereocenters. The summed E-state index contributed by atoms with van der Waals surface area (Å²) in [5.41, 5.74) is 7.70. The predicted molar refractivity (Wildman–Crippen MR) is 58.6 cm³/mol. The van der Waals surface area contributed by atoms with Crippen molar-refractivity contribution < 1.29 is 9.53 Å². The second-order valence-electron chi connectivity index (χ2n) is 3.30. The van der Waals surface area contributed by atoms with Crippen LogP contribution >= 0.6 is 0 Å². The zero-order valence-electron chi connectivity index (χ0n) is 8.88. The molecule has 16 heavy (non-hydrogen) atoms. The van der Waals surface area contributed by atoms with Crippen LogP contribution in [0.1, 0.15) is 6.92 Å². The Hall–Kier alpha value is -2.11. The standard InChI is InChI=1S/C10H12N4O2/c1-2-16-10(15)6-14-9-5-7(11)3-4-8(9)12-13-14/h3-5H,2,6,11H2,1H3. The molecule has 2 N–H and O–H groups in total. The van der Waals surface area contributed by atoms with Crippen molar-refractivity contribution in [3.05, 3.63) is 18.2 Å². The van der Waals surface area contributed by atoms with E-state index in [-0.39, 0.29) is 12.5 Å². The van der Waals surface area contributed by atoms with E-state index >= 15 is 0 Å². The lowest BCUT2D eigenvalue weighted by atomic mass is 10.3. The second-order valence-corrected chi connectivity index (χ2v) is 3.30. The maximum Gasteiger partial charge on any atom is 0.327 e. The van der Waals surface area contributed by atoms with Crippen molar-refractivity contribution in [2.24, 2.45) is 0 Å². The third kappa shape index (κ3) is 1.95. The number of anilines is 1. The van der Waals surface area contributed by atoms with Crippen LogP contribution in [-0.4, -0.2) is 27.6 Å². The monoisotopic (exact) mass is 220 g/mol. The lowest BCUT2D eigenvalue weighted by Crippen LogP contribution is -2.14. The summed E-state index contributed by atoms with van der Waals surface area (Å²) in [6.45, 7) is 2.16. The van der Waals surface area contributed by atoms with Gasteiger partial charge in [0.2, 0.25) is 0 Å². The van der Waals surface area contributed by atoms with Gasteiger partial charge in [-0.1, -0.05) is 5.21 Å². The molecule has 6 heteroatoms. The molecule has 2 aromatic rings. The van der Waals surface area contributed by atoms with E-state index in [4.69, 9.17) is 10.5 Å². The summed E-state index contributed by atoms with van der Waals surface area (Å²) in [7, 11) is 0. The second kappa shape index (κ2) is 4.18. The van der Waals surface area contributed by atoms with Gasteiger partial charge in [0.05, 0.1) is 12.1 Å². The number of nitrogens with two attached hydrogens (primary N) is 1. The number of carbonyl (C=O) groups excluding carboxylic acids is 1. The van der Waals surface area contributed by atoms with Crippen molar-refractivity contribution in [3.63, 3.8) is 0 Å². The van der Waals surface area contributed by atoms with Gasteiger partial charge in [0.15, 0.2) is 0 Å². The van der Waals surface area contributed by atoms with Gasteiger partial charge in [0, 0.05) is 5.69 Å². The third-order valence-corrected chi connectivity index (χ3v) is 2.12. The first-order chi connectivity index (χ1) is 7.70. The summed E-state index contributed by atoms with van der Waals surface area (Å²) >= 11 is 0. The van der Waals surface area contributed by atoms with Crippen LogP contribution in [0.15, 0.2) is 18.2 Å². The number of nitrogens with zero attached hydrogens (tertiary/aromatic N) is 3. The van der Waals surface area contributed by atoms with Gasteiger partial charge in [0.25, 0.3) is 0 Å². The van der Waals surface area contributed by atoms with Crippen LogP contribution in [-0.2, 0) is 16.1 Å². The molecule has 2 rings (SSSR count). The minimum atomic E-state index is -0.336. The maximum absolute atomic E-state index is 11.3. The molecule has 0 aliphatic heterocycles. The van der Waals surface area contributed by atoms with Crippen molar-refractivity contribution in [1.29, 1.82) is 0 Å². The highest BCUT2D eigenvalue weighted by Crippen LogP contribution is 2.14. The van der Waals surface area contributed by atoms with Crippen molar-refractivity contribution in [1.82, 2.24) is 15.0 Å². The molecule has 6 nitrogen and oxygen atoms in total. The average Bonchev–Trinajstić information content (AvgIpc) is 2.61. The fourth-order valence-electron chi connectivity index (χ4n) is 1.43. The van der Waals surface area contributed by atoms with E-state index in [9.17, 15) is 4.79 Å². The number of nitrogen functional groups attached to an aromatic ring is 1. The average molecular weight is 220 g/mol. The number of esters is 1. The maximum atomic E-state index is 11.3. The van der Waals surface area contributed by atoms with Crippen LogP contribution in [0.5, 0.6) is 0 Å². The van der Waals surface area contributed by atoms with E-state index in [1.165, 1.54) is 4.68 Å². The first kappa shape index (κ1) is 10.4. The normalized spacial score (nSPS) is 10.6. The lowest BCUT2D eigenvalue weighted by Gasteiger charge is -2.02. The number of carbonyl (C=O) groups is 1. The number of fused-ring (bicyclic) bond motifs is 1. The number of rotatable bonds is 3. The molecule has 0 saturated heterocycles. The van der Waals surface area contributed by atoms with E-state index in [0.29, 0.717) is 17.8 Å². The number of hydrogen-bond donors (Lipinski definition) is 1. The minimum absolute atomic E-state index is 0.0494. The van der Waals surface area contributed by atoms with Gasteiger partial charge in [-0.25, -0.2) is 4.68 Å². The molecule has 0 amide bonds. The predicted octanol–water partition coefficient (Wildman–Crippen LogP) is 0.577. The summed E-state index contributed by atoms with van der Waals surface area (Å²) in [5, 5.41) is 7.79. The smallest absolute Gasteiger partial charge is 0.327 e. The molecule has 0 spiro atoms. The summed E-state index contributed by atoms with van der Waals surface area (Å²) in [6, 6.07) is 5.24. The Morgan fingerprint density at radius 2 is 2.38 bits per heavy atom. The van der Waals surface area contributed by atoms with E-state index in [1.54, 1.807) is 25.1 Å². The number of ether oxygens (including phenoxy) is 1. The Balaban J connectivity index is 2.30. The molecule has 0 fully saturated rings. The summed E-state index contributed by atoms with van der Waals surface area (Å²) in [4.78, 5) is 11.3. The van der Waals surface area contributed by atoms with E-state index < -0.39 is 0 Å². The Morgan fingerprint density at radius 3 is 3.12 bits per heavy atom. The SMILES string of the molecule is CCOC(=O)Cn1nnc2ccc(N)cc21. The van der Waals surface area contributed by atoms with Gasteiger partial charge in [-0.3, -0.25) is 4.79 Å². The summed E-state index contributed by atoms with van der Waals surface area (Å²) in [6.07, 6.45) is 0. The molecule has 0 aliphatic carbocycles. The zero-order valence-corrected chi connectivity index (χ0v) is 8.88. The molecule has 1 aromatic carbocycles. The van der Waals surface area contributed by atoms with Gasteiger partial charge in [-0.2, -0.15) is 0 Å². The van der Waals surface area contributed by atoms with Crippen molar-refractivity contribution in [2.45, 2.75) is 13.5 Å². The molecule has 84 valence electrons. The first-order valence-corrected chi connectivity index (χ1v) is 4.95. The number of hydrogen-bond acceptors (Lipinski definition) is 5. The number of benzene rings is 1. The Bertz CT molecular complexity index is 521. The minimum Gasteiger partial charge on any atom is -0.465 e. The van der Waals surface area contributed by atoms with E-state index in [1.807, 2.05) is 0 Å². The zero-order chi connectivity index (χ0) is 11.5. The fourth-order valence-corrected chi connectivity index (χ4v) is 1.43. The molecular weight excluding hydrogens is 208 g/mol. The van der Waals surface area contributed by atoms with Gasteiger partial charge in [-0.15, -0.1) is 5.10 Å². The third-order valence-electron chi connectivity index (χ3n) is 2.12.